The molecule has 0 aliphatic heterocycles. The first kappa shape index (κ1) is 12.4. The number of carboxylic acid groups (broad SMARTS) is 1. The Morgan fingerprint density at radius 1 is 1.11 bits per heavy atom. The molecular formula is C15H15O3-. The molecule has 0 amide bonds. The van der Waals surface area contributed by atoms with Crippen molar-refractivity contribution < 1.29 is 14.3 Å². The maximum Gasteiger partial charge on any atom is 0.157 e. The average molecular weight is 243 g/mol. The van der Waals surface area contributed by atoms with Gasteiger partial charge in [-0.25, -0.2) is 0 Å². The summed E-state index contributed by atoms with van der Waals surface area (Å²) in [4.78, 5) is 10.9. The van der Waals surface area contributed by atoms with Crippen LogP contribution >= 0.6 is 0 Å². The third kappa shape index (κ3) is 2.30. The average Bonchev–Trinajstić information content (AvgIpc) is 2.77. The van der Waals surface area contributed by atoms with E-state index in [2.05, 4.69) is 20.8 Å². The lowest BCUT2D eigenvalue weighted by Crippen LogP contribution is -2.22. The van der Waals surface area contributed by atoms with E-state index in [0.717, 1.165) is 5.56 Å². The molecule has 0 bridgehead atoms. The second-order valence-corrected chi connectivity index (χ2v) is 5.28. The van der Waals surface area contributed by atoms with E-state index in [1.807, 2.05) is 24.3 Å². The van der Waals surface area contributed by atoms with Gasteiger partial charge in [0.25, 0.3) is 0 Å². The van der Waals surface area contributed by atoms with Crippen molar-refractivity contribution in [3.63, 3.8) is 0 Å². The Bertz CT molecular complexity index is 556. The van der Waals surface area contributed by atoms with Crippen molar-refractivity contribution in [2.24, 2.45) is 0 Å². The molecule has 18 heavy (non-hydrogen) atoms. The number of benzene rings is 1. The smallest absolute Gasteiger partial charge is 0.157 e. The Labute approximate surface area is 106 Å². The van der Waals surface area contributed by atoms with E-state index in [-0.39, 0.29) is 11.2 Å². The Hall–Kier alpha value is -2.03. The molecule has 0 fully saturated rings. The lowest BCUT2D eigenvalue weighted by molar-refractivity contribution is -0.256. The summed E-state index contributed by atoms with van der Waals surface area (Å²) in [6, 6.07) is 9.44. The molecule has 1 heterocycles. The van der Waals surface area contributed by atoms with E-state index in [9.17, 15) is 9.90 Å². The number of carbonyl (C=O) groups is 1. The van der Waals surface area contributed by atoms with Crippen molar-refractivity contribution >= 4 is 5.97 Å². The first-order valence-electron chi connectivity index (χ1n) is 5.79. The van der Waals surface area contributed by atoms with Crippen LogP contribution < -0.4 is 5.11 Å². The number of carboxylic acids is 1. The number of aromatic carboxylic acids is 1. The summed E-state index contributed by atoms with van der Waals surface area (Å²) in [5, 5.41) is 10.9. The van der Waals surface area contributed by atoms with Crippen molar-refractivity contribution in [3.8, 4) is 11.1 Å². The van der Waals surface area contributed by atoms with Gasteiger partial charge in [0.15, 0.2) is 5.76 Å². The lowest BCUT2D eigenvalue weighted by Gasteiger charge is -2.19. The summed E-state index contributed by atoms with van der Waals surface area (Å²) in [6.07, 6.45) is 1.36. The highest BCUT2D eigenvalue weighted by Crippen LogP contribution is 2.28. The van der Waals surface area contributed by atoms with Crippen LogP contribution in [0, 0.1) is 0 Å². The van der Waals surface area contributed by atoms with Crippen LogP contribution in [0.1, 0.15) is 36.9 Å². The van der Waals surface area contributed by atoms with Crippen LogP contribution in [-0.2, 0) is 5.41 Å². The molecule has 1 aromatic carbocycles. The van der Waals surface area contributed by atoms with Crippen LogP contribution in [-0.4, -0.2) is 5.97 Å². The first-order chi connectivity index (χ1) is 8.39. The van der Waals surface area contributed by atoms with Gasteiger partial charge < -0.3 is 14.3 Å². The minimum Gasteiger partial charge on any atom is -0.542 e. The van der Waals surface area contributed by atoms with Crippen LogP contribution in [0.4, 0.5) is 0 Å². The van der Waals surface area contributed by atoms with Crippen LogP contribution in [0.25, 0.3) is 11.1 Å². The third-order valence-corrected chi connectivity index (χ3v) is 2.91. The van der Waals surface area contributed by atoms with Crippen molar-refractivity contribution in [2.75, 3.05) is 0 Å². The number of hydrogen-bond donors (Lipinski definition) is 0. The van der Waals surface area contributed by atoms with Gasteiger partial charge in [0, 0.05) is 5.56 Å². The molecule has 2 rings (SSSR count). The van der Waals surface area contributed by atoms with Gasteiger partial charge in [0.05, 0.1) is 6.26 Å². The largest absolute Gasteiger partial charge is 0.542 e. The highest BCUT2D eigenvalue weighted by atomic mass is 16.4. The quantitative estimate of drug-likeness (QED) is 0.814. The Balaban J connectivity index is 2.41. The van der Waals surface area contributed by atoms with Gasteiger partial charge in [-0.2, -0.15) is 0 Å². The second kappa shape index (κ2) is 4.33. The first-order valence-corrected chi connectivity index (χ1v) is 5.79. The van der Waals surface area contributed by atoms with Gasteiger partial charge in [0.2, 0.25) is 0 Å². The summed E-state index contributed by atoms with van der Waals surface area (Å²) < 4.78 is 4.92. The van der Waals surface area contributed by atoms with Gasteiger partial charge in [-0.1, -0.05) is 45.0 Å². The van der Waals surface area contributed by atoms with E-state index < -0.39 is 5.97 Å². The SMILES string of the molecule is CC(C)(C)c1ccc(-c2ccoc2C(=O)[O-])cc1. The molecule has 94 valence electrons. The Morgan fingerprint density at radius 3 is 2.22 bits per heavy atom. The zero-order valence-corrected chi connectivity index (χ0v) is 10.7. The number of carbonyl (C=O) groups excluding carboxylic acids is 1. The Kier molecular flexibility index (Phi) is 2.99. The molecule has 1 aromatic heterocycles. The maximum absolute atomic E-state index is 10.9. The van der Waals surface area contributed by atoms with Crippen molar-refractivity contribution in [1.29, 1.82) is 0 Å². The predicted octanol–water partition coefficient (Wildman–Crippen LogP) is 2.61. The summed E-state index contributed by atoms with van der Waals surface area (Å²) in [5.74, 6) is -1.42. The van der Waals surface area contributed by atoms with Gasteiger partial charge in [0.1, 0.15) is 5.97 Å². The van der Waals surface area contributed by atoms with Gasteiger partial charge in [-0.05, 0) is 22.6 Å². The van der Waals surface area contributed by atoms with E-state index in [1.165, 1.54) is 11.8 Å². The standard InChI is InChI=1S/C15H16O3/c1-15(2,3)11-6-4-10(5-7-11)12-8-9-18-13(12)14(16)17/h4-9H,1-3H3,(H,16,17)/p-1. The fraction of sp³-hybridized carbons (Fsp3) is 0.267. The van der Waals surface area contributed by atoms with Crippen molar-refractivity contribution in [3.05, 3.63) is 47.9 Å². The van der Waals surface area contributed by atoms with Crippen LogP contribution in [0.3, 0.4) is 0 Å². The highest BCUT2D eigenvalue weighted by molar-refractivity contribution is 5.91. The number of furan rings is 1. The topological polar surface area (TPSA) is 53.3 Å². The monoisotopic (exact) mass is 243 g/mol. The minimum atomic E-state index is -1.30. The molecule has 0 radical (unpaired) electrons. The van der Waals surface area contributed by atoms with E-state index >= 15 is 0 Å². The fourth-order valence-corrected chi connectivity index (χ4v) is 1.84. The van der Waals surface area contributed by atoms with E-state index in [4.69, 9.17) is 4.42 Å². The molecule has 0 atom stereocenters. The van der Waals surface area contributed by atoms with Crippen molar-refractivity contribution in [1.82, 2.24) is 0 Å². The number of hydrogen-bond acceptors (Lipinski definition) is 3. The second-order valence-electron chi connectivity index (χ2n) is 5.28. The lowest BCUT2D eigenvalue weighted by atomic mass is 9.86. The molecule has 2 aromatic rings. The van der Waals surface area contributed by atoms with Gasteiger partial charge >= 0.3 is 0 Å². The highest BCUT2D eigenvalue weighted by Gasteiger charge is 2.14. The van der Waals surface area contributed by atoms with Crippen LogP contribution in [0.15, 0.2) is 41.0 Å². The Morgan fingerprint density at radius 2 is 1.72 bits per heavy atom. The summed E-state index contributed by atoms with van der Waals surface area (Å²) in [5.41, 5.74) is 2.64. The molecule has 3 nitrogen and oxygen atoms in total. The zero-order chi connectivity index (χ0) is 13.3. The molecule has 0 unspecified atom stereocenters. The fourth-order valence-electron chi connectivity index (χ4n) is 1.84. The molecule has 0 spiro atoms. The molecule has 0 saturated carbocycles. The third-order valence-electron chi connectivity index (χ3n) is 2.91. The zero-order valence-electron chi connectivity index (χ0n) is 10.7. The molecular weight excluding hydrogens is 228 g/mol. The van der Waals surface area contributed by atoms with Gasteiger partial charge in [-0.3, -0.25) is 0 Å². The predicted molar refractivity (Wildman–Crippen MR) is 67.2 cm³/mol. The molecule has 0 aliphatic carbocycles. The molecule has 0 saturated heterocycles. The summed E-state index contributed by atoms with van der Waals surface area (Å²) in [7, 11) is 0. The molecule has 0 N–H and O–H groups in total. The molecule has 3 heteroatoms. The van der Waals surface area contributed by atoms with E-state index in [0.29, 0.717) is 5.56 Å². The maximum atomic E-state index is 10.9. The van der Waals surface area contributed by atoms with Crippen LogP contribution in [0.2, 0.25) is 0 Å². The normalized spacial score (nSPS) is 11.5. The van der Waals surface area contributed by atoms with Crippen molar-refractivity contribution in [2.45, 2.75) is 26.2 Å². The van der Waals surface area contributed by atoms with E-state index in [1.54, 1.807) is 6.07 Å². The summed E-state index contributed by atoms with van der Waals surface area (Å²) >= 11 is 0. The van der Waals surface area contributed by atoms with Gasteiger partial charge in [-0.15, -0.1) is 0 Å². The minimum absolute atomic E-state index is 0.0755. The number of rotatable bonds is 2. The summed E-state index contributed by atoms with van der Waals surface area (Å²) in [6.45, 7) is 6.39. The molecule has 0 aliphatic rings. The van der Waals surface area contributed by atoms with Crippen LogP contribution in [0.5, 0.6) is 0 Å².